The topological polar surface area (TPSA) is 18.5 Å². The molecule has 178 valence electrons. The number of fused-ring (bicyclic) bond motifs is 1. The number of ether oxygens (including phenoxy) is 2. The van der Waals surface area contributed by atoms with Crippen LogP contribution in [0.1, 0.15) is 63.9 Å². The highest BCUT2D eigenvalue weighted by atomic mass is 19.2. The highest BCUT2D eigenvalue weighted by molar-refractivity contribution is 5.66. The normalized spacial score (nSPS) is 25.2. The Hall–Kier alpha value is -2.27. The van der Waals surface area contributed by atoms with Gasteiger partial charge < -0.3 is 9.47 Å². The Balaban J connectivity index is 1.47. The largest absolute Gasteiger partial charge is 0.486 e. The number of allylic oxidation sites excluding steroid dienone is 1. The Labute approximate surface area is 194 Å². The van der Waals surface area contributed by atoms with E-state index in [1.165, 1.54) is 18.2 Å². The van der Waals surface area contributed by atoms with Gasteiger partial charge in [-0.05, 0) is 99.5 Å². The summed E-state index contributed by atoms with van der Waals surface area (Å²) in [5, 5.41) is 0. The van der Waals surface area contributed by atoms with Crippen molar-refractivity contribution in [1.82, 2.24) is 0 Å². The summed E-state index contributed by atoms with van der Waals surface area (Å²) in [5.41, 5.74) is 1.06. The fourth-order valence-electron chi connectivity index (χ4n) is 5.64. The van der Waals surface area contributed by atoms with Crippen molar-refractivity contribution in [3.8, 4) is 16.9 Å². The average molecular weight is 459 g/mol. The molecule has 0 bridgehead atoms. The van der Waals surface area contributed by atoms with E-state index in [0.717, 1.165) is 45.1 Å². The predicted octanol–water partition coefficient (Wildman–Crippen LogP) is 7.81. The van der Waals surface area contributed by atoms with E-state index < -0.39 is 11.6 Å². The molecule has 0 aliphatic heterocycles. The molecule has 4 unspecified atom stereocenters. The fourth-order valence-corrected chi connectivity index (χ4v) is 5.64. The zero-order chi connectivity index (χ0) is 23.4. The first-order chi connectivity index (χ1) is 16.0. The first-order valence-corrected chi connectivity index (χ1v) is 12.1. The molecule has 0 amide bonds. The zero-order valence-electron chi connectivity index (χ0n) is 19.5. The standard InChI is InChI=1S/C28H33F3O2/c1-3-5-14-33-26-13-12-24(27(30)28(26)31)21-9-11-23(25(29)17-21)20-7-6-19-16-22(32-4-2)10-8-18(19)15-20/h3,5,9,11-13,17-20,22H,4,6-8,10,14-16H2,1-2H3/b5-3+. The molecule has 0 aromatic heterocycles. The van der Waals surface area contributed by atoms with E-state index in [0.29, 0.717) is 29.1 Å². The molecule has 33 heavy (non-hydrogen) atoms. The minimum Gasteiger partial charge on any atom is -0.486 e. The molecular weight excluding hydrogens is 425 g/mol. The summed E-state index contributed by atoms with van der Waals surface area (Å²) in [5.74, 6) is -1.11. The lowest BCUT2D eigenvalue weighted by Crippen LogP contribution is -2.33. The van der Waals surface area contributed by atoms with Gasteiger partial charge in [0.15, 0.2) is 11.6 Å². The summed E-state index contributed by atoms with van der Waals surface area (Å²) in [7, 11) is 0. The second-order valence-electron chi connectivity index (χ2n) is 9.28. The molecule has 2 aromatic rings. The number of rotatable bonds is 7. The van der Waals surface area contributed by atoms with Crippen LogP contribution in [0, 0.1) is 29.3 Å². The van der Waals surface area contributed by atoms with Crippen molar-refractivity contribution in [2.24, 2.45) is 11.8 Å². The van der Waals surface area contributed by atoms with Gasteiger partial charge in [-0.3, -0.25) is 0 Å². The minimum atomic E-state index is -1.05. The molecule has 0 N–H and O–H groups in total. The monoisotopic (exact) mass is 458 g/mol. The second-order valence-corrected chi connectivity index (χ2v) is 9.28. The lowest BCUT2D eigenvalue weighted by atomic mass is 9.65. The van der Waals surface area contributed by atoms with Gasteiger partial charge in [0.05, 0.1) is 6.10 Å². The van der Waals surface area contributed by atoms with E-state index in [1.54, 1.807) is 24.3 Å². The van der Waals surface area contributed by atoms with Crippen LogP contribution in [0.4, 0.5) is 13.2 Å². The molecule has 2 nitrogen and oxygen atoms in total. The summed E-state index contributed by atoms with van der Waals surface area (Å²) >= 11 is 0. The molecule has 2 fully saturated rings. The van der Waals surface area contributed by atoms with Crippen LogP contribution < -0.4 is 4.74 Å². The van der Waals surface area contributed by atoms with Crippen LogP contribution in [0.2, 0.25) is 0 Å². The smallest absolute Gasteiger partial charge is 0.201 e. The van der Waals surface area contributed by atoms with Crippen LogP contribution >= 0.6 is 0 Å². The van der Waals surface area contributed by atoms with Gasteiger partial charge in [-0.2, -0.15) is 4.39 Å². The van der Waals surface area contributed by atoms with Crippen molar-refractivity contribution in [3.05, 3.63) is 65.5 Å². The van der Waals surface area contributed by atoms with Crippen molar-refractivity contribution in [2.75, 3.05) is 13.2 Å². The molecule has 5 heteroatoms. The molecule has 4 atom stereocenters. The van der Waals surface area contributed by atoms with Crippen LogP contribution in [0.3, 0.4) is 0 Å². The summed E-state index contributed by atoms with van der Waals surface area (Å²) in [6.07, 6.45) is 10.2. The van der Waals surface area contributed by atoms with Gasteiger partial charge in [0.2, 0.25) is 5.82 Å². The van der Waals surface area contributed by atoms with Crippen molar-refractivity contribution < 1.29 is 22.6 Å². The number of halogens is 3. The molecule has 2 aliphatic rings. The quantitative estimate of drug-likeness (QED) is 0.394. The van der Waals surface area contributed by atoms with Crippen LogP contribution in [-0.2, 0) is 4.74 Å². The van der Waals surface area contributed by atoms with E-state index >= 15 is 4.39 Å². The van der Waals surface area contributed by atoms with E-state index in [1.807, 2.05) is 13.8 Å². The second kappa shape index (κ2) is 10.8. The number of hydrogen-bond donors (Lipinski definition) is 0. The first kappa shape index (κ1) is 23.9. The molecule has 0 saturated heterocycles. The lowest BCUT2D eigenvalue weighted by molar-refractivity contribution is -0.00968. The van der Waals surface area contributed by atoms with E-state index in [9.17, 15) is 8.78 Å². The van der Waals surface area contributed by atoms with E-state index in [2.05, 4.69) is 0 Å². The van der Waals surface area contributed by atoms with Gasteiger partial charge in [-0.25, -0.2) is 8.78 Å². The molecule has 0 heterocycles. The van der Waals surface area contributed by atoms with Gasteiger partial charge >= 0.3 is 0 Å². The van der Waals surface area contributed by atoms with Crippen molar-refractivity contribution in [1.29, 1.82) is 0 Å². The average Bonchev–Trinajstić information content (AvgIpc) is 2.82. The van der Waals surface area contributed by atoms with Crippen molar-refractivity contribution in [2.45, 2.75) is 64.4 Å². The highest BCUT2D eigenvalue weighted by Gasteiger charge is 2.37. The predicted molar refractivity (Wildman–Crippen MR) is 125 cm³/mol. The Bertz CT molecular complexity index is 987. The third kappa shape index (κ3) is 5.29. The maximum Gasteiger partial charge on any atom is 0.201 e. The van der Waals surface area contributed by atoms with Crippen LogP contribution in [0.15, 0.2) is 42.5 Å². The van der Waals surface area contributed by atoms with Crippen LogP contribution in [0.25, 0.3) is 11.1 Å². The SMILES string of the molecule is C/C=C/COc1ccc(-c2ccc(C3CCC4CC(OCC)CCC4C3)c(F)c2)c(F)c1F. The maximum atomic E-state index is 15.2. The molecule has 0 radical (unpaired) electrons. The summed E-state index contributed by atoms with van der Waals surface area (Å²) < 4.78 is 55.4. The Kier molecular flexibility index (Phi) is 7.79. The van der Waals surface area contributed by atoms with Gasteiger partial charge in [0, 0.05) is 12.2 Å². The third-order valence-corrected chi connectivity index (χ3v) is 7.34. The third-order valence-electron chi connectivity index (χ3n) is 7.34. The van der Waals surface area contributed by atoms with Crippen molar-refractivity contribution in [3.63, 3.8) is 0 Å². The highest BCUT2D eigenvalue weighted by Crippen LogP contribution is 2.47. The summed E-state index contributed by atoms with van der Waals surface area (Å²) in [4.78, 5) is 0. The summed E-state index contributed by atoms with van der Waals surface area (Å²) in [6.45, 7) is 4.78. The Morgan fingerprint density at radius 3 is 2.48 bits per heavy atom. The van der Waals surface area contributed by atoms with Crippen LogP contribution in [0.5, 0.6) is 5.75 Å². The Morgan fingerprint density at radius 2 is 1.73 bits per heavy atom. The maximum absolute atomic E-state index is 15.2. The molecule has 4 rings (SSSR count). The molecule has 2 aliphatic carbocycles. The number of benzene rings is 2. The van der Waals surface area contributed by atoms with E-state index in [-0.39, 0.29) is 29.7 Å². The van der Waals surface area contributed by atoms with Gasteiger partial charge in [0.25, 0.3) is 0 Å². The zero-order valence-corrected chi connectivity index (χ0v) is 19.5. The molecular formula is C28H33F3O2. The minimum absolute atomic E-state index is 0.0364. The first-order valence-electron chi connectivity index (χ1n) is 12.1. The number of hydrogen-bond acceptors (Lipinski definition) is 2. The van der Waals surface area contributed by atoms with Gasteiger partial charge in [0.1, 0.15) is 12.4 Å². The molecule has 2 aromatic carbocycles. The Morgan fingerprint density at radius 1 is 0.939 bits per heavy atom. The lowest BCUT2D eigenvalue weighted by Gasteiger charge is -2.42. The van der Waals surface area contributed by atoms with Gasteiger partial charge in [-0.1, -0.05) is 24.3 Å². The van der Waals surface area contributed by atoms with Crippen molar-refractivity contribution >= 4 is 0 Å². The fraction of sp³-hybridized carbons (Fsp3) is 0.500. The van der Waals surface area contributed by atoms with Gasteiger partial charge in [-0.15, -0.1) is 0 Å². The molecule has 2 saturated carbocycles. The van der Waals surface area contributed by atoms with E-state index in [4.69, 9.17) is 9.47 Å². The molecule has 0 spiro atoms. The van der Waals surface area contributed by atoms with Crippen LogP contribution in [-0.4, -0.2) is 19.3 Å². The summed E-state index contributed by atoms with van der Waals surface area (Å²) in [6, 6.07) is 7.64.